The highest BCUT2D eigenvalue weighted by molar-refractivity contribution is 9.11. The van der Waals surface area contributed by atoms with Crippen LogP contribution in [0.2, 0.25) is 0 Å². The minimum atomic E-state index is -1.23. The van der Waals surface area contributed by atoms with Crippen molar-refractivity contribution in [2.75, 3.05) is 0 Å². The number of aryl methyl sites for hydroxylation is 2. The molecule has 0 spiro atoms. The number of carboxylic acids is 6. The number of allylic oxidation sites excluding steroid dienone is 4. The molecule has 0 aliphatic carbocycles. The van der Waals surface area contributed by atoms with Crippen LogP contribution in [0.4, 0.5) is 0 Å². The lowest BCUT2D eigenvalue weighted by Crippen LogP contribution is -2.05. The van der Waals surface area contributed by atoms with Crippen LogP contribution in [0.3, 0.4) is 0 Å². The highest BCUT2D eigenvalue weighted by atomic mass is 79.9. The molecule has 0 fully saturated rings. The molecule has 0 aromatic carbocycles. The molecule has 2 aliphatic heterocycles. The van der Waals surface area contributed by atoms with E-state index in [9.17, 15) is 59.4 Å². The summed E-state index contributed by atoms with van der Waals surface area (Å²) in [6.45, 7) is 3.40. The Bertz CT molecular complexity index is 2400. The zero-order valence-corrected chi connectivity index (χ0v) is 37.0. The van der Waals surface area contributed by atoms with Gasteiger partial charge in [-0.1, -0.05) is 0 Å². The number of aliphatic carboxylic acids is 6. The first-order valence-electron chi connectivity index (χ1n) is 17.5. The van der Waals surface area contributed by atoms with Crippen molar-refractivity contribution in [1.82, 2.24) is 19.9 Å². The van der Waals surface area contributed by atoms with Gasteiger partial charge in [0.15, 0.2) is 0 Å². The summed E-state index contributed by atoms with van der Waals surface area (Å²) in [7, 11) is 0. The Kier molecular flexibility index (Phi) is 13.9. The maximum atomic E-state index is 12.4. The van der Waals surface area contributed by atoms with Gasteiger partial charge in [0.1, 0.15) is 0 Å². The number of aromatic amines is 2. The van der Waals surface area contributed by atoms with Crippen molar-refractivity contribution >= 4 is 144 Å². The average Bonchev–Trinajstić information content (AvgIpc) is 3.86. The Labute approximate surface area is 362 Å². The number of carboxylic acid groups (broad SMARTS) is 6. The van der Waals surface area contributed by atoms with E-state index in [2.05, 4.69) is 73.7 Å². The number of H-pyrrole nitrogens is 2. The molecule has 5 heterocycles. The van der Waals surface area contributed by atoms with Crippen LogP contribution in [0.15, 0.2) is 17.9 Å². The Hall–Kier alpha value is -4.66. The zero-order valence-electron chi connectivity index (χ0n) is 30.6. The van der Waals surface area contributed by atoms with Gasteiger partial charge in [-0.05, 0) is 148 Å². The predicted octanol–water partition coefficient (Wildman–Crippen LogP) is 8.24. The van der Waals surface area contributed by atoms with E-state index in [1.165, 1.54) is 0 Å². The second-order valence-electron chi connectivity index (χ2n) is 13.5. The van der Waals surface area contributed by atoms with Crippen molar-refractivity contribution in [3.05, 3.63) is 62.9 Å². The Morgan fingerprint density at radius 2 is 0.707 bits per heavy atom. The van der Waals surface area contributed by atoms with E-state index in [1.54, 1.807) is 13.8 Å². The quantitative estimate of drug-likeness (QED) is 0.0671. The summed E-state index contributed by atoms with van der Waals surface area (Å²) in [6, 6.07) is 0. The van der Waals surface area contributed by atoms with E-state index in [4.69, 9.17) is 9.97 Å². The lowest BCUT2D eigenvalue weighted by molar-refractivity contribution is -0.138. The molecular formula is C38H34Br4N4O12. The first kappa shape index (κ1) is 44.4. The van der Waals surface area contributed by atoms with Crippen LogP contribution in [0.25, 0.3) is 44.4 Å². The maximum Gasteiger partial charge on any atom is 0.307 e. The van der Waals surface area contributed by atoms with E-state index in [0.29, 0.717) is 33.4 Å². The molecule has 0 saturated carbocycles. The number of halogens is 4. The summed E-state index contributed by atoms with van der Waals surface area (Å²) < 4.78 is 0.997. The molecule has 306 valence electrons. The van der Waals surface area contributed by atoms with E-state index < -0.39 is 48.7 Å². The van der Waals surface area contributed by atoms with Crippen LogP contribution in [-0.4, -0.2) is 86.4 Å². The third-order valence-corrected chi connectivity index (χ3v) is 12.9. The fourth-order valence-electron chi connectivity index (χ4n) is 7.12. The van der Waals surface area contributed by atoms with Crippen LogP contribution in [0.5, 0.6) is 0 Å². The van der Waals surface area contributed by atoms with Gasteiger partial charge >= 0.3 is 35.8 Å². The number of hydrogen-bond acceptors (Lipinski definition) is 8. The minimum absolute atomic E-state index is 0.0218. The molecule has 8 N–H and O–H groups in total. The second kappa shape index (κ2) is 18.1. The van der Waals surface area contributed by atoms with Crippen LogP contribution in [-0.2, 0) is 54.5 Å². The molecule has 0 saturated heterocycles. The lowest BCUT2D eigenvalue weighted by atomic mass is 9.98. The van der Waals surface area contributed by atoms with Crippen molar-refractivity contribution in [3.63, 3.8) is 0 Å². The van der Waals surface area contributed by atoms with Crippen molar-refractivity contribution in [2.24, 2.45) is 0 Å². The molecule has 3 aromatic heterocycles. The molecule has 16 nitrogen and oxygen atoms in total. The fourth-order valence-corrected chi connectivity index (χ4v) is 9.90. The number of rotatable bonds is 16. The molecule has 0 unspecified atom stereocenters. The van der Waals surface area contributed by atoms with Gasteiger partial charge in [-0.3, -0.25) is 28.8 Å². The van der Waals surface area contributed by atoms with Gasteiger partial charge in [0.05, 0.1) is 75.6 Å². The molecule has 5 rings (SSSR count). The third kappa shape index (κ3) is 9.14. The Morgan fingerprint density at radius 3 is 1.00 bits per heavy atom. The van der Waals surface area contributed by atoms with Gasteiger partial charge in [-0.25, -0.2) is 9.97 Å². The first-order valence-corrected chi connectivity index (χ1v) is 20.6. The van der Waals surface area contributed by atoms with Gasteiger partial charge in [-0.15, -0.1) is 0 Å². The van der Waals surface area contributed by atoms with Crippen molar-refractivity contribution in [1.29, 1.82) is 0 Å². The summed E-state index contributed by atoms with van der Waals surface area (Å²) in [4.78, 5) is 88.9. The van der Waals surface area contributed by atoms with Gasteiger partial charge in [0, 0.05) is 25.7 Å². The van der Waals surface area contributed by atoms with Gasteiger partial charge in [0.25, 0.3) is 0 Å². The van der Waals surface area contributed by atoms with Crippen LogP contribution >= 0.6 is 63.7 Å². The molecule has 8 bridgehead atoms. The standard InChI is InChI=1S/C38H34Br4N4O12/c1-13-15(3-7-21(47)48)33-29(41)37-20(12-26(57)58)18(6-10-24(53)54)36(46-37)28(40)32-14(2)16(4-8-22(49)50)34(44-32)30(42)38-19(11-25(55)56)17(5-9-23(51)52)35(45-38)27(39)31(13)43-33/h45-46H,3-12H2,1-2H3,(H,47,48)(H,49,50)(H,51,52)(H,53,54)(H,55,56)(H,57,58). The summed E-state index contributed by atoms with van der Waals surface area (Å²) in [5.74, 6) is -6.95. The maximum absolute atomic E-state index is 12.4. The number of fused-ring (bicyclic) bond motifs is 8. The average molecular weight is 1060 g/mol. The van der Waals surface area contributed by atoms with E-state index in [-0.39, 0.29) is 125 Å². The molecule has 0 amide bonds. The Morgan fingerprint density at radius 1 is 0.431 bits per heavy atom. The highest BCUT2D eigenvalue weighted by Crippen LogP contribution is 2.46. The summed E-state index contributed by atoms with van der Waals surface area (Å²) in [5.41, 5.74) is 5.05. The normalized spacial score (nSPS) is 12.7. The minimum Gasteiger partial charge on any atom is -0.481 e. The molecule has 2 aliphatic rings. The molecule has 20 heteroatoms. The van der Waals surface area contributed by atoms with E-state index in [0.717, 1.165) is 0 Å². The van der Waals surface area contributed by atoms with E-state index >= 15 is 0 Å². The number of hydrogen-bond donors (Lipinski definition) is 8. The number of nitrogens with zero attached hydrogens (tertiary/aromatic N) is 2. The predicted molar refractivity (Wildman–Crippen MR) is 225 cm³/mol. The van der Waals surface area contributed by atoms with Gasteiger partial charge in [0.2, 0.25) is 0 Å². The zero-order chi connectivity index (χ0) is 42.9. The van der Waals surface area contributed by atoms with Crippen LogP contribution in [0, 0.1) is 0 Å². The van der Waals surface area contributed by atoms with E-state index in [1.807, 2.05) is 0 Å². The van der Waals surface area contributed by atoms with Gasteiger partial charge in [-0.2, -0.15) is 0 Å². The summed E-state index contributed by atoms with van der Waals surface area (Å²) >= 11 is 14.6. The largest absolute Gasteiger partial charge is 0.481 e. The Balaban J connectivity index is 2.16. The highest BCUT2D eigenvalue weighted by Gasteiger charge is 2.30. The number of nitrogens with one attached hydrogen (secondary N) is 2. The van der Waals surface area contributed by atoms with Crippen molar-refractivity contribution < 1.29 is 59.4 Å². The molecule has 0 radical (unpaired) electrons. The van der Waals surface area contributed by atoms with Crippen molar-refractivity contribution in [2.45, 2.75) is 78.1 Å². The SMILES string of the molecule is CC1=C(CCC(=O)O)c2nc1c(Br)c1[nH]c(c(Br)c3nc(c(Br)c4[nH]c(c2Br)c(CC(=O)O)c4CCC(=O)O)C(C)=C3CCC(=O)O)c(CC(=O)O)c1CCC(=O)O. The number of carbonyl (C=O) groups is 6. The summed E-state index contributed by atoms with van der Waals surface area (Å²) in [6.07, 6.45) is -2.80. The fraction of sp³-hybridized carbons (Fsp3) is 0.316. The van der Waals surface area contributed by atoms with Crippen molar-refractivity contribution in [3.8, 4) is 0 Å². The molecule has 3 aromatic rings. The molecule has 0 atom stereocenters. The number of aromatic nitrogens is 4. The topological polar surface area (TPSA) is 281 Å². The monoisotopic (exact) mass is 1050 g/mol. The van der Waals surface area contributed by atoms with Crippen LogP contribution < -0.4 is 0 Å². The van der Waals surface area contributed by atoms with Gasteiger partial charge < -0.3 is 40.6 Å². The van der Waals surface area contributed by atoms with Crippen LogP contribution in [0.1, 0.15) is 97.4 Å². The lowest BCUT2D eigenvalue weighted by Gasteiger charge is -2.07. The summed E-state index contributed by atoms with van der Waals surface area (Å²) in [5, 5.41) is 59.1. The smallest absolute Gasteiger partial charge is 0.307 e. The molecule has 58 heavy (non-hydrogen) atoms. The molecular weight excluding hydrogens is 1020 g/mol. The first-order chi connectivity index (χ1) is 27.2. The third-order valence-electron chi connectivity index (χ3n) is 9.79. The second-order valence-corrected chi connectivity index (χ2v) is 16.6.